The fourth-order valence-corrected chi connectivity index (χ4v) is 4.14. The molecule has 0 atom stereocenters. The fourth-order valence-electron chi connectivity index (χ4n) is 4.14. The van der Waals surface area contributed by atoms with Gasteiger partial charge in [0.2, 0.25) is 0 Å². The molecule has 0 amide bonds. The molecular weight excluding hydrogens is 556 g/mol. The Balaban J connectivity index is 2.14. The van der Waals surface area contributed by atoms with Crippen LogP contribution in [-0.4, -0.2) is 63.5 Å². The van der Waals surface area contributed by atoms with Gasteiger partial charge < -0.3 is 37.9 Å². The SMILES string of the molecule is C=CC(=O)OC(COc1ccc(C(C)(C)c2ccc(OCC(OCC)(OCC)OC(=O)C=C)cc2)cc1)(OCC)OCC. The molecule has 0 spiro atoms. The van der Waals surface area contributed by atoms with E-state index in [0.29, 0.717) is 11.5 Å². The molecule has 0 unspecified atom stereocenters. The Morgan fingerprint density at radius 3 is 1.16 bits per heavy atom. The molecule has 43 heavy (non-hydrogen) atoms. The number of esters is 2. The normalized spacial score (nSPS) is 11.9. The van der Waals surface area contributed by atoms with E-state index in [9.17, 15) is 9.59 Å². The van der Waals surface area contributed by atoms with Gasteiger partial charge in [-0.05, 0) is 63.1 Å². The van der Waals surface area contributed by atoms with Crippen molar-refractivity contribution in [1.29, 1.82) is 0 Å². The van der Waals surface area contributed by atoms with Crippen molar-refractivity contribution in [1.82, 2.24) is 0 Å². The summed E-state index contributed by atoms with van der Waals surface area (Å²) in [6.07, 6.45) is 2.08. The third kappa shape index (κ3) is 10.2. The minimum Gasteiger partial charge on any atom is -0.484 e. The summed E-state index contributed by atoms with van der Waals surface area (Å²) in [7, 11) is 0. The van der Waals surface area contributed by atoms with Gasteiger partial charge in [-0.1, -0.05) is 51.3 Å². The van der Waals surface area contributed by atoms with Gasteiger partial charge in [-0.15, -0.1) is 0 Å². The van der Waals surface area contributed by atoms with Crippen molar-refractivity contribution in [3.63, 3.8) is 0 Å². The molecule has 236 valence electrons. The number of carbonyl (C=O) groups is 2. The van der Waals surface area contributed by atoms with E-state index in [0.717, 1.165) is 23.3 Å². The molecule has 2 rings (SSSR count). The van der Waals surface area contributed by atoms with E-state index in [4.69, 9.17) is 37.9 Å². The van der Waals surface area contributed by atoms with Gasteiger partial charge in [0.1, 0.15) is 11.5 Å². The Bertz CT molecular complexity index is 1070. The van der Waals surface area contributed by atoms with Crippen molar-refractivity contribution in [2.75, 3.05) is 39.6 Å². The molecule has 2 aromatic carbocycles. The highest BCUT2D eigenvalue weighted by Crippen LogP contribution is 2.34. The van der Waals surface area contributed by atoms with Gasteiger partial charge in [0, 0.05) is 17.6 Å². The summed E-state index contributed by atoms with van der Waals surface area (Å²) in [4.78, 5) is 23.8. The summed E-state index contributed by atoms with van der Waals surface area (Å²) in [6.45, 7) is 18.8. The molecule has 2 aromatic rings. The van der Waals surface area contributed by atoms with Crippen molar-refractivity contribution in [2.24, 2.45) is 0 Å². The number of hydrogen-bond donors (Lipinski definition) is 0. The number of hydrogen-bond acceptors (Lipinski definition) is 10. The van der Waals surface area contributed by atoms with Crippen molar-refractivity contribution in [3.8, 4) is 11.5 Å². The van der Waals surface area contributed by atoms with Crippen LogP contribution in [0.1, 0.15) is 52.7 Å². The largest absolute Gasteiger partial charge is 0.484 e. The number of benzene rings is 2. The maximum Gasteiger partial charge on any atom is 0.365 e. The van der Waals surface area contributed by atoms with E-state index in [1.54, 1.807) is 27.7 Å². The van der Waals surface area contributed by atoms with E-state index in [1.807, 2.05) is 48.5 Å². The molecule has 10 heteroatoms. The van der Waals surface area contributed by atoms with Gasteiger partial charge >= 0.3 is 23.9 Å². The van der Waals surface area contributed by atoms with Crippen LogP contribution < -0.4 is 9.47 Å². The molecule has 0 saturated carbocycles. The zero-order chi connectivity index (χ0) is 31.9. The average molecular weight is 601 g/mol. The molecule has 0 saturated heterocycles. The lowest BCUT2D eigenvalue weighted by atomic mass is 9.78. The first kappa shape index (κ1) is 35.5. The van der Waals surface area contributed by atoms with E-state index < -0.39 is 23.9 Å². The third-order valence-electron chi connectivity index (χ3n) is 6.29. The topological polar surface area (TPSA) is 108 Å². The standard InChI is InChI=1S/C33H44O10/c1-9-29(34)42-32(38-11-3,39-12-4)23-36-27-19-15-25(16-20-27)31(7,8)26-17-21-28(22-18-26)37-24-33(40-13-5,41-14-6)43-30(35)10-2/h9-10,15-22H,1-2,11-14,23-24H2,3-8H3. The Labute approximate surface area is 254 Å². The minimum absolute atomic E-state index is 0.168. The van der Waals surface area contributed by atoms with Crippen molar-refractivity contribution >= 4 is 11.9 Å². The first-order valence-electron chi connectivity index (χ1n) is 14.3. The Kier molecular flexibility index (Phi) is 13.9. The van der Waals surface area contributed by atoms with Crippen LogP contribution in [0.4, 0.5) is 0 Å². The van der Waals surface area contributed by atoms with E-state index in [2.05, 4.69) is 27.0 Å². The monoisotopic (exact) mass is 600 g/mol. The van der Waals surface area contributed by atoms with Crippen LogP contribution >= 0.6 is 0 Å². The first-order valence-corrected chi connectivity index (χ1v) is 14.3. The molecule has 0 bridgehead atoms. The Hall–Kier alpha value is -3.70. The van der Waals surface area contributed by atoms with Crippen LogP contribution in [0.15, 0.2) is 73.8 Å². The molecule has 0 N–H and O–H groups in total. The smallest absolute Gasteiger partial charge is 0.365 e. The van der Waals surface area contributed by atoms with Crippen LogP contribution in [0.5, 0.6) is 11.5 Å². The second-order valence-electron chi connectivity index (χ2n) is 9.60. The lowest BCUT2D eigenvalue weighted by molar-refractivity contribution is -0.367. The maximum absolute atomic E-state index is 11.9. The van der Waals surface area contributed by atoms with Crippen LogP contribution in [-0.2, 0) is 43.4 Å². The number of rotatable bonds is 20. The van der Waals surface area contributed by atoms with Gasteiger partial charge in [0.25, 0.3) is 0 Å². The predicted octanol–water partition coefficient (Wildman–Crippen LogP) is 5.68. The summed E-state index contributed by atoms with van der Waals surface area (Å²) in [5.74, 6) is -3.64. The maximum atomic E-state index is 11.9. The van der Waals surface area contributed by atoms with Crippen LogP contribution in [0.3, 0.4) is 0 Å². The second-order valence-corrected chi connectivity index (χ2v) is 9.60. The lowest BCUT2D eigenvalue weighted by Crippen LogP contribution is -2.46. The molecule has 0 aliphatic heterocycles. The quantitative estimate of drug-likeness (QED) is 0.107. The van der Waals surface area contributed by atoms with Gasteiger partial charge in [0.15, 0.2) is 13.2 Å². The van der Waals surface area contributed by atoms with Gasteiger partial charge in [0.05, 0.1) is 26.4 Å². The van der Waals surface area contributed by atoms with Gasteiger partial charge in [-0.3, -0.25) is 0 Å². The Morgan fingerprint density at radius 1 is 0.605 bits per heavy atom. The highest BCUT2D eigenvalue weighted by Gasteiger charge is 2.38. The predicted molar refractivity (Wildman–Crippen MR) is 161 cm³/mol. The van der Waals surface area contributed by atoms with E-state index in [-0.39, 0.29) is 45.1 Å². The van der Waals surface area contributed by atoms with Gasteiger partial charge in [-0.2, -0.15) is 0 Å². The van der Waals surface area contributed by atoms with E-state index >= 15 is 0 Å². The van der Waals surface area contributed by atoms with Crippen LogP contribution in [0.2, 0.25) is 0 Å². The first-order chi connectivity index (χ1) is 20.5. The minimum atomic E-state index is -1.69. The van der Waals surface area contributed by atoms with Crippen molar-refractivity contribution in [2.45, 2.75) is 58.9 Å². The van der Waals surface area contributed by atoms with Crippen molar-refractivity contribution < 1.29 is 47.5 Å². The van der Waals surface area contributed by atoms with Crippen LogP contribution in [0, 0.1) is 0 Å². The highest BCUT2D eigenvalue weighted by molar-refractivity contribution is 5.81. The third-order valence-corrected chi connectivity index (χ3v) is 6.29. The molecule has 0 aliphatic carbocycles. The molecule has 0 heterocycles. The number of ether oxygens (including phenoxy) is 8. The summed E-state index contributed by atoms with van der Waals surface area (Å²) >= 11 is 0. The molecule has 10 nitrogen and oxygen atoms in total. The summed E-state index contributed by atoms with van der Waals surface area (Å²) in [6, 6.07) is 15.2. The Morgan fingerprint density at radius 2 is 0.907 bits per heavy atom. The highest BCUT2D eigenvalue weighted by atomic mass is 16.9. The second kappa shape index (κ2) is 16.8. The lowest BCUT2D eigenvalue weighted by Gasteiger charge is -2.31. The van der Waals surface area contributed by atoms with Crippen molar-refractivity contribution in [3.05, 3.63) is 85.0 Å². The molecule has 0 fully saturated rings. The molecule has 0 radical (unpaired) electrons. The zero-order valence-electron chi connectivity index (χ0n) is 26.0. The van der Waals surface area contributed by atoms with Gasteiger partial charge in [-0.25, -0.2) is 9.59 Å². The molecule has 0 aromatic heterocycles. The average Bonchev–Trinajstić information content (AvgIpc) is 3.00. The zero-order valence-corrected chi connectivity index (χ0v) is 26.0. The number of carbonyl (C=O) groups excluding carboxylic acids is 2. The summed E-state index contributed by atoms with van der Waals surface area (Å²) < 4.78 is 44.9. The molecule has 0 aliphatic rings. The summed E-state index contributed by atoms with van der Waals surface area (Å²) in [5, 5.41) is 0. The molecular formula is C33H44O10. The van der Waals surface area contributed by atoms with Crippen LogP contribution in [0.25, 0.3) is 0 Å². The van der Waals surface area contributed by atoms with E-state index in [1.165, 1.54) is 0 Å². The fraction of sp³-hybridized carbons (Fsp3) is 0.455. The summed E-state index contributed by atoms with van der Waals surface area (Å²) in [5.41, 5.74) is 1.71.